The number of fused-ring (bicyclic) bond motifs is 1. The van der Waals surface area contributed by atoms with Crippen LogP contribution < -0.4 is 5.32 Å². The average molecular weight is 391 g/mol. The first-order valence-corrected chi connectivity index (χ1v) is 9.22. The third-order valence-electron chi connectivity index (χ3n) is 5.38. The minimum atomic E-state index is -0.653. The van der Waals surface area contributed by atoms with Crippen molar-refractivity contribution in [3.63, 3.8) is 0 Å². The average Bonchev–Trinajstić information content (AvgIpc) is 3.41. The number of rotatable bonds is 3. The zero-order valence-corrected chi connectivity index (χ0v) is 15.5. The highest BCUT2D eigenvalue weighted by molar-refractivity contribution is 6.05. The number of hydrogen-bond acceptors (Lipinski definition) is 6. The minimum Gasteiger partial charge on any atom is -0.322 e. The lowest BCUT2D eigenvalue weighted by molar-refractivity contribution is -0.136. The molecule has 0 radical (unpaired) electrons. The number of aryl methyl sites for hydroxylation is 1. The van der Waals surface area contributed by atoms with Gasteiger partial charge in [-0.1, -0.05) is 11.3 Å². The maximum absolute atomic E-state index is 12.9. The van der Waals surface area contributed by atoms with Gasteiger partial charge < -0.3 is 4.90 Å². The maximum atomic E-state index is 12.9. The Morgan fingerprint density at radius 3 is 2.83 bits per heavy atom. The van der Waals surface area contributed by atoms with Gasteiger partial charge in [0, 0.05) is 24.1 Å². The molecule has 2 aromatic heterocycles. The molecule has 4 heterocycles. The van der Waals surface area contributed by atoms with Crippen LogP contribution in [0.25, 0.3) is 17.1 Å². The number of aromatic amines is 1. The fraction of sp³-hybridized carbons (Fsp3) is 0.263. The number of imide groups is 1. The molecule has 3 amide bonds. The van der Waals surface area contributed by atoms with Gasteiger partial charge in [-0.3, -0.25) is 24.8 Å². The predicted molar refractivity (Wildman–Crippen MR) is 99.7 cm³/mol. The van der Waals surface area contributed by atoms with Crippen molar-refractivity contribution in [2.45, 2.75) is 32.4 Å². The molecule has 146 valence electrons. The van der Waals surface area contributed by atoms with Gasteiger partial charge in [0.2, 0.25) is 11.8 Å². The van der Waals surface area contributed by atoms with E-state index in [1.807, 2.05) is 13.0 Å². The number of carbonyl (C=O) groups is 3. The van der Waals surface area contributed by atoms with E-state index in [4.69, 9.17) is 0 Å². The normalized spacial score (nSPS) is 18.9. The van der Waals surface area contributed by atoms with Gasteiger partial charge in [-0.25, -0.2) is 4.68 Å². The van der Waals surface area contributed by atoms with Crippen LogP contribution in [-0.2, 0) is 16.1 Å². The van der Waals surface area contributed by atoms with Crippen molar-refractivity contribution in [3.05, 3.63) is 47.3 Å². The van der Waals surface area contributed by atoms with Gasteiger partial charge in [-0.05, 0) is 31.0 Å². The first-order valence-electron chi connectivity index (χ1n) is 9.22. The van der Waals surface area contributed by atoms with Crippen molar-refractivity contribution in [2.75, 3.05) is 0 Å². The van der Waals surface area contributed by atoms with E-state index >= 15 is 0 Å². The molecule has 3 aromatic rings. The van der Waals surface area contributed by atoms with Crippen molar-refractivity contribution < 1.29 is 14.4 Å². The molecule has 1 fully saturated rings. The quantitative estimate of drug-likeness (QED) is 0.634. The van der Waals surface area contributed by atoms with E-state index in [2.05, 4.69) is 25.8 Å². The third kappa shape index (κ3) is 2.72. The Morgan fingerprint density at radius 2 is 2.07 bits per heavy atom. The second-order valence-corrected chi connectivity index (χ2v) is 7.18. The third-order valence-corrected chi connectivity index (χ3v) is 5.38. The number of nitrogens with zero attached hydrogens (tertiary/aromatic N) is 5. The van der Waals surface area contributed by atoms with Gasteiger partial charge >= 0.3 is 0 Å². The van der Waals surface area contributed by atoms with Crippen molar-refractivity contribution in [3.8, 4) is 17.1 Å². The van der Waals surface area contributed by atoms with Crippen LogP contribution in [0, 0.1) is 6.92 Å². The van der Waals surface area contributed by atoms with Crippen LogP contribution in [0.2, 0.25) is 0 Å². The Hall–Kier alpha value is -3.82. The molecule has 29 heavy (non-hydrogen) atoms. The lowest BCUT2D eigenvalue weighted by Gasteiger charge is -2.29. The molecule has 10 nitrogen and oxygen atoms in total. The van der Waals surface area contributed by atoms with E-state index < -0.39 is 11.9 Å². The molecule has 2 aliphatic rings. The van der Waals surface area contributed by atoms with E-state index in [0.717, 1.165) is 22.5 Å². The molecule has 5 rings (SSSR count). The number of aromatic nitrogens is 5. The van der Waals surface area contributed by atoms with Crippen LogP contribution >= 0.6 is 0 Å². The standard InChI is InChI=1S/C19H17N7O3/c1-10-7-20-23-17(10)13-9-26(24-22-13)14-4-2-3-11-12(14)8-25(19(11)29)15-5-6-16(27)21-18(15)28/h2-4,7,9,15H,5-6,8H2,1H3,(H,20,23)(H,21,27,28). The number of amides is 3. The Kier molecular flexibility index (Phi) is 3.79. The summed E-state index contributed by atoms with van der Waals surface area (Å²) in [6.07, 6.45) is 4.03. The molecule has 1 aromatic carbocycles. The predicted octanol–water partition coefficient (Wildman–Crippen LogP) is 0.727. The van der Waals surface area contributed by atoms with E-state index in [1.165, 1.54) is 4.90 Å². The van der Waals surface area contributed by atoms with E-state index in [0.29, 0.717) is 17.7 Å². The van der Waals surface area contributed by atoms with Crippen molar-refractivity contribution in [1.29, 1.82) is 0 Å². The lowest BCUT2D eigenvalue weighted by Crippen LogP contribution is -2.52. The summed E-state index contributed by atoms with van der Waals surface area (Å²) < 4.78 is 1.62. The number of H-pyrrole nitrogens is 1. The summed E-state index contributed by atoms with van der Waals surface area (Å²) >= 11 is 0. The second kappa shape index (κ2) is 6.36. The molecular weight excluding hydrogens is 374 g/mol. The summed E-state index contributed by atoms with van der Waals surface area (Å²) in [7, 11) is 0. The van der Waals surface area contributed by atoms with Crippen LogP contribution in [0.4, 0.5) is 0 Å². The molecule has 10 heteroatoms. The maximum Gasteiger partial charge on any atom is 0.255 e. The summed E-state index contributed by atoms with van der Waals surface area (Å²) in [5, 5.41) is 17.7. The summed E-state index contributed by atoms with van der Waals surface area (Å²) in [4.78, 5) is 38.1. The zero-order valence-electron chi connectivity index (χ0n) is 15.5. The van der Waals surface area contributed by atoms with Gasteiger partial charge in [0.25, 0.3) is 5.91 Å². The number of benzene rings is 1. The van der Waals surface area contributed by atoms with Gasteiger partial charge in [-0.2, -0.15) is 5.10 Å². The molecule has 0 saturated carbocycles. The highest BCUT2D eigenvalue weighted by Crippen LogP contribution is 2.31. The highest BCUT2D eigenvalue weighted by Gasteiger charge is 2.40. The second-order valence-electron chi connectivity index (χ2n) is 7.18. The largest absolute Gasteiger partial charge is 0.322 e. The van der Waals surface area contributed by atoms with Gasteiger partial charge in [0.1, 0.15) is 11.7 Å². The number of piperidine rings is 1. The van der Waals surface area contributed by atoms with Crippen LogP contribution in [0.3, 0.4) is 0 Å². The Bertz CT molecular complexity index is 1160. The molecule has 0 aliphatic carbocycles. The van der Waals surface area contributed by atoms with Gasteiger partial charge in [0.05, 0.1) is 23.8 Å². The molecule has 2 aliphatic heterocycles. The summed E-state index contributed by atoms with van der Waals surface area (Å²) in [6.45, 7) is 2.20. The Balaban J connectivity index is 1.49. The van der Waals surface area contributed by atoms with Crippen LogP contribution in [0.15, 0.2) is 30.6 Å². The van der Waals surface area contributed by atoms with E-state index in [-0.39, 0.29) is 24.8 Å². The highest BCUT2D eigenvalue weighted by atomic mass is 16.2. The molecule has 1 unspecified atom stereocenters. The van der Waals surface area contributed by atoms with Crippen LogP contribution in [0.1, 0.15) is 34.3 Å². The van der Waals surface area contributed by atoms with E-state index in [9.17, 15) is 14.4 Å². The first-order chi connectivity index (χ1) is 14.0. The van der Waals surface area contributed by atoms with Gasteiger partial charge in [-0.15, -0.1) is 5.10 Å². The van der Waals surface area contributed by atoms with Crippen molar-refractivity contribution in [2.24, 2.45) is 0 Å². The fourth-order valence-corrected chi connectivity index (χ4v) is 3.89. The molecule has 1 saturated heterocycles. The van der Waals surface area contributed by atoms with E-state index in [1.54, 1.807) is 29.2 Å². The smallest absolute Gasteiger partial charge is 0.255 e. The molecule has 1 atom stereocenters. The fourth-order valence-electron chi connectivity index (χ4n) is 3.89. The van der Waals surface area contributed by atoms with Crippen LogP contribution in [-0.4, -0.2) is 53.9 Å². The number of carbonyl (C=O) groups excluding carboxylic acids is 3. The minimum absolute atomic E-state index is 0.221. The van der Waals surface area contributed by atoms with Crippen molar-refractivity contribution in [1.82, 2.24) is 35.4 Å². The molecule has 0 bridgehead atoms. The lowest BCUT2D eigenvalue weighted by atomic mass is 10.0. The zero-order chi connectivity index (χ0) is 20.1. The number of hydrogen-bond donors (Lipinski definition) is 2. The van der Waals surface area contributed by atoms with Gasteiger partial charge in [0.15, 0.2) is 0 Å². The summed E-state index contributed by atoms with van der Waals surface area (Å²) in [5.41, 5.74) is 4.41. The Morgan fingerprint density at radius 1 is 1.21 bits per heavy atom. The first kappa shape index (κ1) is 17.3. The number of nitrogens with one attached hydrogen (secondary N) is 2. The summed E-state index contributed by atoms with van der Waals surface area (Å²) in [5.74, 6) is -0.955. The SMILES string of the molecule is Cc1cn[nH]c1-c1cn(-c2cccc3c2CN(C2CCC(=O)NC2=O)C3=O)nn1. The monoisotopic (exact) mass is 391 g/mol. The molecule has 0 spiro atoms. The van der Waals surface area contributed by atoms with Crippen molar-refractivity contribution >= 4 is 17.7 Å². The molecular formula is C19H17N7O3. The topological polar surface area (TPSA) is 126 Å². The summed E-state index contributed by atoms with van der Waals surface area (Å²) in [6, 6.07) is 4.73. The molecule has 2 N–H and O–H groups in total. The van der Waals surface area contributed by atoms with Crippen LogP contribution in [0.5, 0.6) is 0 Å². The Labute approximate surface area is 164 Å².